The van der Waals surface area contributed by atoms with Crippen molar-refractivity contribution < 1.29 is 9.53 Å². The summed E-state index contributed by atoms with van der Waals surface area (Å²) in [5.74, 6) is -0.279. The number of aryl methyl sites for hydroxylation is 1. The molecule has 0 atom stereocenters. The van der Waals surface area contributed by atoms with Gasteiger partial charge in [-0.15, -0.1) is 0 Å². The maximum absolute atomic E-state index is 11.8. The molecular formula is C13H16N2O2. The van der Waals surface area contributed by atoms with E-state index in [1.807, 2.05) is 49.7 Å². The third kappa shape index (κ3) is 1.79. The molecule has 0 radical (unpaired) electrons. The fourth-order valence-corrected chi connectivity index (χ4v) is 1.90. The Kier molecular flexibility index (Phi) is 2.65. The minimum absolute atomic E-state index is 0.279. The summed E-state index contributed by atoms with van der Waals surface area (Å²) in [6.07, 6.45) is 1.87. The highest BCUT2D eigenvalue weighted by Gasteiger charge is 2.31. The van der Waals surface area contributed by atoms with Crippen LogP contribution in [-0.4, -0.2) is 22.6 Å². The van der Waals surface area contributed by atoms with E-state index in [0.717, 1.165) is 16.7 Å². The van der Waals surface area contributed by atoms with Gasteiger partial charge in [-0.25, -0.2) is 9.78 Å². The average molecular weight is 232 g/mol. The minimum Gasteiger partial charge on any atom is -0.467 e. The number of ether oxygens (including phenoxy) is 1. The molecule has 0 bridgehead atoms. The number of nitrogens with zero attached hydrogens (tertiary/aromatic N) is 2. The van der Waals surface area contributed by atoms with E-state index in [-0.39, 0.29) is 5.97 Å². The fraction of sp³-hybridized carbons (Fsp3) is 0.385. The van der Waals surface area contributed by atoms with Gasteiger partial charge >= 0.3 is 5.97 Å². The first kappa shape index (κ1) is 11.6. The van der Waals surface area contributed by atoms with E-state index >= 15 is 0 Å². The zero-order valence-electron chi connectivity index (χ0n) is 10.5. The number of carbonyl (C=O) groups excluding carboxylic acids is 1. The molecule has 0 spiro atoms. The molecule has 90 valence electrons. The van der Waals surface area contributed by atoms with Crippen LogP contribution < -0.4 is 0 Å². The number of carbonyl (C=O) groups is 1. The topological polar surface area (TPSA) is 44.1 Å². The van der Waals surface area contributed by atoms with Crippen LogP contribution in [0, 0.1) is 6.92 Å². The number of rotatable bonds is 2. The SMILES string of the molecule is COC(=O)C(C)(C)n1ccc2ccc(C)nc21. The van der Waals surface area contributed by atoms with Gasteiger partial charge in [-0.05, 0) is 39.0 Å². The van der Waals surface area contributed by atoms with Crippen molar-refractivity contribution in [1.82, 2.24) is 9.55 Å². The molecule has 2 aromatic heterocycles. The summed E-state index contributed by atoms with van der Waals surface area (Å²) in [6, 6.07) is 5.91. The van der Waals surface area contributed by atoms with Crippen LogP contribution in [0.2, 0.25) is 0 Å². The maximum atomic E-state index is 11.8. The third-order valence-electron chi connectivity index (χ3n) is 2.96. The first-order valence-electron chi connectivity index (χ1n) is 5.50. The van der Waals surface area contributed by atoms with Crippen LogP contribution in [0.25, 0.3) is 11.0 Å². The van der Waals surface area contributed by atoms with Crippen LogP contribution >= 0.6 is 0 Å². The molecule has 0 aliphatic carbocycles. The van der Waals surface area contributed by atoms with Gasteiger partial charge in [-0.2, -0.15) is 0 Å². The number of hydrogen-bond acceptors (Lipinski definition) is 3. The Morgan fingerprint density at radius 3 is 2.71 bits per heavy atom. The van der Waals surface area contributed by atoms with E-state index in [4.69, 9.17) is 4.74 Å². The highest BCUT2D eigenvalue weighted by atomic mass is 16.5. The molecule has 2 rings (SSSR count). The second-order valence-corrected chi connectivity index (χ2v) is 4.60. The van der Waals surface area contributed by atoms with Gasteiger partial charge in [0.1, 0.15) is 11.2 Å². The summed E-state index contributed by atoms with van der Waals surface area (Å²) in [5.41, 5.74) is 0.982. The second-order valence-electron chi connectivity index (χ2n) is 4.60. The van der Waals surface area contributed by atoms with Crippen molar-refractivity contribution in [1.29, 1.82) is 0 Å². The number of hydrogen-bond donors (Lipinski definition) is 0. The Morgan fingerprint density at radius 2 is 2.06 bits per heavy atom. The molecule has 4 nitrogen and oxygen atoms in total. The van der Waals surface area contributed by atoms with Crippen LogP contribution in [0.5, 0.6) is 0 Å². The number of methoxy groups -OCH3 is 1. The van der Waals surface area contributed by atoms with Gasteiger partial charge in [0.05, 0.1) is 7.11 Å². The van der Waals surface area contributed by atoms with Crippen LogP contribution in [0.3, 0.4) is 0 Å². The molecular weight excluding hydrogens is 216 g/mol. The van der Waals surface area contributed by atoms with E-state index in [9.17, 15) is 4.79 Å². The van der Waals surface area contributed by atoms with Crippen molar-refractivity contribution in [2.24, 2.45) is 0 Å². The lowest BCUT2D eigenvalue weighted by Gasteiger charge is -2.24. The summed E-state index contributed by atoms with van der Waals surface area (Å²) < 4.78 is 6.68. The van der Waals surface area contributed by atoms with E-state index < -0.39 is 5.54 Å². The zero-order chi connectivity index (χ0) is 12.6. The van der Waals surface area contributed by atoms with E-state index in [1.54, 1.807) is 0 Å². The van der Waals surface area contributed by atoms with Crippen LogP contribution in [-0.2, 0) is 15.1 Å². The lowest BCUT2D eigenvalue weighted by molar-refractivity contribution is -0.149. The van der Waals surface area contributed by atoms with Crippen molar-refractivity contribution >= 4 is 17.0 Å². The molecule has 0 aliphatic rings. The van der Waals surface area contributed by atoms with Crippen LogP contribution in [0.4, 0.5) is 0 Å². The number of aromatic nitrogens is 2. The van der Waals surface area contributed by atoms with Crippen LogP contribution in [0.15, 0.2) is 24.4 Å². The van der Waals surface area contributed by atoms with Crippen molar-refractivity contribution in [2.75, 3.05) is 7.11 Å². The molecule has 4 heteroatoms. The van der Waals surface area contributed by atoms with Crippen molar-refractivity contribution in [3.8, 4) is 0 Å². The predicted molar refractivity (Wildman–Crippen MR) is 65.8 cm³/mol. The maximum Gasteiger partial charge on any atom is 0.331 e. The molecule has 0 saturated carbocycles. The van der Waals surface area contributed by atoms with Crippen molar-refractivity contribution in [3.63, 3.8) is 0 Å². The van der Waals surface area contributed by atoms with Gasteiger partial charge in [0.2, 0.25) is 0 Å². The van der Waals surface area contributed by atoms with E-state index in [0.29, 0.717) is 0 Å². The van der Waals surface area contributed by atoms with Crippen molar-refractivity contribution in [3.05, 3.63) is 30.1 Å². The molecule has 0 unspecified atom stereocenters. The Morgan fingerprint density at radius 1 is 1.35 bits per heavy atom. The highest BCUT2D eigenvalue weighted by Crippen LogP contribution is 2.24. The van der Waals surface area contributed by atoms with Crippen molar-refractivity contribution in [2.45, 2.75) is 26.3 Å². The minimum atomic E-state index is -0.753. The summed E-state index contributed by atoms with van der Waals surface area (Å²) in [6.45, 7) is 5.58. The number of pyridine rings is 1. The molecule has 0 aromatic carbocycles. The number of esters is 1. The Balaban J connectivity index is 2.63. The molecule has 0 aliphatic heterocycles. The molecule has 17 heavy (non-hydrogen) atoms. The van der Waals surface area contributed by atoms with E-state index in [1.165, 1.54) is 7.11 Å². The second kappa shape index (κ2) is 3.87. The lowest BCUT2D eigenvalue weighted by atomic mass is 10.1. The molecule has 0 fully saturated rings. The molecule has 2 aromatic rings. The first-order chi connectivity index (χ1) is 7.96. The van der Waals surface area contributed by atoms with Crippen LogP contribution in [0.1, 0.15) is 19.5 Å². The Hall–Kier alpha value is -1.84. The van der Waals surface area contributed by atoms with Gasteiger partial charge in [-0.3, -0.25) is 0 Å². The highest BCUT2D eigenvalue weighted by molar-refractivity contribution is 5.83. The third-order valence-corrected chi connectivity index (χ3v) is 2.96. The first-order valence-corrected chi connectivity index (χ1v) is 5.50. The van der Waals surface area contributed by atoms with Gasteiger partial charge in [0.25, 0.3) is 0 Å². The summed E-state index contributed by atoms with van der Waals surface area (Å²) in [7, 11) is 1.40. The van der Waals surface area contributed by atoms with E-state index in [2.05, 4.69) is 4.98 Å². The monoisotopic (exact) mass is 232 g/mol. The molecule has 0 N–H and O–H groups in total. The summed E-state index contributed by atoms with van der Waals surface area (Å²) in [4.78, 5) is 16.3. The smallest absolute Gasteiger partial charge is 0.331 e. The zero-order valence-corrected chi connectivity index (χ0v) is 10.5. The van der Waals surface area contributed by atoms with Gasteiger partial charge in [-0.1, -0.05) is 0 Å². The predicted octanol–water partition coefficient (Wildman–Crippen LogP) is 2.25. The average Bonchev–Trinajstić information content (AvgIpc) is 2.71. The lowest BCUT2D eigenvalue weighted by Crippen LogP contribution is -2.36. The molecule has 0 saturated heterocycles. The standard InChI is InChI=1S/C13H16N2O2/c1-9-5-6-10-7-8-15(11(10)14-9)13(2,3)12(16)17-4/h5-8H,1-4H3. The van der Waals surface area contributed by atoms with Gasteiger partial charge in [0.15, 0.2) is 0 Å². The normalized spacial score (nSPS) is 11.8. The Labute approximate surface area is 100 Å². The largest absolute Gasteiger partial charge is 0.467 e. The fourth-order valence-electron chi connectivity index (χ4n) is 1.90. The van der Waals surface area contributed by atoms with Gasteiger partial charge < -0.3 is 9.30 Å². The number of fused-ring (bicyclic) bond motifs is 1. The summed E-state index contributed by atoms with van der Waals surface area (Å²) >= 11 is 0. The van der Waals surface area contributed by atoms with Gasteiger partial charge in [0, 0.05) is 17.3 Å². The quantitative estimate of drug-likeness (QED) is 0.746. The molecule has 2 heterocycles. The molecule has 0 amide bonds. The summed E-state index contributed by atoms with van der Waals surface area (Å²) in [5, 5.41) is 1.02. The Bertz CT molecular complexity index is 570.